The fourth-order valence-electron chi connectivity index (χ4n) is 2.52. The predicted molar refractivity (Wildman–Crippen MR) is 111 cm³/mol. The Balaban J connectivity index is 1.81. The standard InChI is InChI=1S/C20H19ClFN3O7/c1-24(10-12-3-6-17(31-2)15(22)7-12)18(26)11-32-19(27)9-23-20(28)13-4-5-14(21)16(8-13)25(29)30/h3-8H,9-11H2,1-2H3,(H,23,28). The molecule has 2 aromatic rings. The summed E-state index contributed by atoms with van der Waals surface area (Å²) >= 11 is 5.68. The van der Waals surface area contributed by atoms with Gasteiger partial charge in [0.25, 0.3) is 17.5 Å². The second-order valence-electron chi connectivity index (χ2n) is 6.49. The van der Waals surface area contributed by atoms with Gasteiger partial charge in [-0.15, -0.1) is 0 Å². The number of likely N-dealkylation sites (N-methyl/N-ethyl adjacent to an activating group) is 1. The lowest BCUT2D eigenvalue weighted by molar-refractivity contribution is -0.384. The normalized spacial score (nSPS) is 10.2. The minimum absolute atomic E-state index is 0.0727. The zero-order valence-corrected chi connectivity index (χ0v) is 17.8. The summed E-state index contributed by atoms with van der Waals surface area (Å²) < 4.78 is 23.4. The molecule has 0 fully saturated rings. The van der Waals surface area contributed by atoms with Crippen LogP contribution in [0.4, 0.5) is 10.1 Å². The van der Waals surface area contributed by atoms with Crippen LogP contribution in [0.15, 0.2) is 36.4 Å². The Labute approximate surface area is 187 Å². The Morgan fingerprint density at radius 1 is 1.22 bits per heavy atom. The van der Waals surface area contributed by atoms with Gasteiger partial charge in [-0.3, -0.25) is 24.5 Å². The van der Waals surface area contributed by atoms with Crippen molar-refractivity contribution in [2.45, 2.75) is 6.54 Å². The predicted octanol–water partition coefficient (Wildman–Crippen LogP) is 2.33. The van der Waals surface area contributed by atoms with Gasteiger partial charge < -0.3 is 19.7 Å². The van der Waals surface area contributed by atoms with E-state index in [2.05, 4.69) is 5.32 Å². The molecule has 0 aliphatic carbocycles. The van der Waals surface area contributed by atoms with E-state index in [9.17, 15) is 28.9 Å². The van der Waals surface area contributed by atoms with E-state index >= 15 is 0 Å². The number of nitro groups is 1. The summed E-state index contributed by atoms with van der Waals surface area (Å²) in [7, 11) is 2.79. The van der Waals surface area contributed by atoms with E-state index in [1.54, 1.807) is 6.07 Å². The number of amides is 2. The molecule has 0 saturated heterocycles. The molecule has 2 aromatic carbocycles. The Morgan fingerprint density at radius 3 is 2.56 bits per heavy atom. The van der Waals surface area contributed by atoms with Gasteiger partial charge in [0.1, 0.15) is 11.6 Å². The topological polar surface area (TPSA) is 128 Å². The lowest BCUT2D eigenvalue weighted by Gasteiger charge is -2.17. The summed E-state index contributed by atoms with van der Waals surface area (Å²) in [6.45, 7) is -1.07. The fourth-order valence-corrected chi connectivity index (χ4v) is 2.71. The summed E-state index contributed by atoms with van der Waals surface area (Å²) in [6.07, 6.45) is 0. The molecule has 0 radical (unpaired) electrons. The fraction of sp³-hybridized carbons (Fsp3) is 0.250. The molecule has 2 rings (SSSR count). The first-order valence-electron chi connectivity index (χ1n) is 9.06. The van der Waals surface area contributed by atoms with E-state index in [0.717, 1.165) is 6.07 Å². The first-order valence-corrected chi connectivity index (χ1v) is 9.44. The molecule has 0 aliphatic rings. The number of halogens is 2. The Hall–Kier alpha value is -3.73. The van der Waals surface area contributed by atoms with Gasteiger partial charge in [-0.2, -0.15) is 0 Å². The number of nitrogens with one attached hydrogen (secondary N) is 1. The molecule has 170 valence electrons. The van der Waals surface area contributed by atoms with Gasteiger partial charge in [-0.1, -0.05) is 17.7 Å². The van der Waals surface area contributed by atoms with E-state index in [0.29, 0.717) is 5.56 Å². The van der Waals surface area contributed by atoms with Gasteiger partial charge in [-0.05, 0) is 29.8 Å². The molecule has 12 heteroatoms. The van der Waals surface area contributed by atoms with E-state index < -0.39 is 47.4 Å². The molecule has 0 aliphatic heterocycles. The highest BCUT2D eigenvalue weighted by atomic mass is 35.5. The molecule has 0 unspecified atom stereocenters. The number of nitrogens with zero attached hydrogens (tertiary/aromatic N) is 2. The molecule has 2 amide bonds. The van der Waals surface area contributed by atoms with E-state index in [-0.39, 0.29) is 22.9 Å². The maximum Gasteiger partial charge on any atom is 0.325 e. The van der Waals surface area contributed by atoms with Gasteiger partial charge in [0, 0.05) is 25.2 Å². The number of rotatable bonds is 9. The third-order valence-electron chi connectivity index (χ3n) is 4.22. The summed E-state index contributed by atoms with van der Waals surface area (Å²) in [5, 5.41) is 13.0. The highest BCUT2D eigenvalue weighted by molar-refractivity contribution is 6.32. The highest BCUT2D eigenvalue weighted by Gasteiger charge is 2.18. The van der Waals surface area contributed by atoms with Crippen LogP contribution in [-0.4, -0.2) is 54.9 Å². The molecule has 10 nitrogen and oxygen atoms in total. The minimum atomic E-state index is -0.890. The molecular weight excluding hydrogens is 449 g/mol. The monoisotopic (exact) mass is 467 g/mol. The van der Waals surface area contributed by atoms with Crippen molar-refractivity contribution in [3.63, 3.8) is 0 Å². The first-order chi connectivity index (χ1) is 15.1. The number of ether oxygens (including phenoxy) is 2. The van der Waals surface area contributed by atoms with Crippen molar-refractivity contribution in [2.24, 2.45) is 0 Å². The van der Waals surface area contributed by atoms with Gasteiger partial charge in [0.15, 0.2) is 18.2 Å². The zero-order valence-electron chi connectivity index (χ0n) is 17.1. The number of hydrogen-bond acceptors (Lipinski definition) is 7. The Bertz CT molecular complexity index is 1050. The number of nitro benzene ring substituents is 1. The number of benzene rings is 2. The van der Waals surface area contributed by atoms with Gasteiger partial charge in [0.05, 0.1) is 12.0 Å². The van der Waals surface area contributed by atoms with Crippen LogP contribution < -0.4 is 10.1 Å². The Kier molecular flexibility index (Phi) is 8.47. The molecule has 0 aromatic heterocycles. The van der Waals surface area contributed by atoms with Crippen molar-refractivity contribution in [3.8, 4) is 5.75 Å². The van der Waals surface area contributed by atoms with Crippen molar-refractivity contribution >= 4 is 35.1 Å². The lowest BCUT2D eigenvalue weighted by atomic mass is 10.2. The zero-order chi connectivity index (χ0) is 23.8. The van der Waals surface area contributed by atoms with Crippen LogP contribution in [0.5, 0.6) is 5.75 Å². The molecule has 32 heavy (non-hydrogen) atoms. The van der Waals surface area contributed by atoms with Crippen molar-refractivity contribution < 1.29 is 33.2 Å². The highest BCUT2D eigenvalue weighted by Crippen LogP contribution is 2.25. The first kappa shape index (κ1) is 24.5. The van der Waals surface area contributed by atoms with Crippen LogP contribution in [0.25, 0.3) is 0 Å². The number of esters is 1. The number of hydrogen-bond donors (Lipinski definition) is 1. The van der Waals surface area contributed by atoms with Crippen molar-refractivity contribution in [3.05, 3.63) is 68.5 Å². The molecular formula is C20H19ClFN3O7. The second kappa shape index (κ2) is 11.0. The molecule has 0 heterocycles. The van der Waals surface area contributed by atoms with Gasteiger partial charge in [0.2, 0.25) is 0 Å². The summed E-state index contributed by atoms with van der Waals surface area (Å²) in [5.74, 6) is -2.69. The average Bonchev–Trinajstić information content (AvgIpc) is 2.75. The molecule has 0 bridgehead atoms. The van der Waals surface area contributed by atoms with E-state index in [1.165, 1.54) is 43.3 Å². The molecule has 1 N–H and O–H groups in total. The van der Waals surface area contributed by atoms with E-state index in [4.69, 9.17) is 21.1 Å². The van der Waals surface area contributed by atoms with Crippen LogP contribution in [-0.2, 0) is 20.9 Å². The van der Waals surface area contributed by atoms with Gasteiger partial charge in [-0.25, -0.2) is 4.39 Å². The second-order valence-corrected chi connectivity index (χ2v) is 6.89. The van der Waals surface area contributed by atoms with E-state index in [1.807, 2.05) is 0 Å². The molecule has 0 spiro atoms. The number of methoxy groups -OCH3 is 1. The molecule has 0 saturated carbocycles. The largest absolute Gasteiger partial charge is 0.494 e. The average molecular weight is 468 g/mol. The SMILES string of the molecule is COc1ccc(CN(C)C(=O)COC(=O)CNC(=O)c2ccc(Cl)c([N+](=O)[O-])c2)cc1F. The van der Waals surface area contributed by atoms with Crippen LogP contribution in [0.2, 0.25) is 5.02 Å². The van der Waals surface area contributed by atoms with Gasteiger partial charge >= 0.3 is 5.97 Å². The third-order valence-corrected chi connectivity index (χ3v) is 4.54. The smallest absolute Gasteiger partial charge is 0.325 e. The summed E-state index contributed by atoms with van der Waals surface area (Å²) in [6, 6.07) is 7.68. The van der Waals surface area contributed by atoms with Crippen molar-refractivity contribution in [1.82, 2.24) is 10.2 Å². The quantitative estimate of drug-likeness (QED) is 0.340. The van der Waals surface area contributed by atoms with Crippen molar-refractivity contribution in [1.29, 1.82) is 0 Å². The molecule has 0 atom stereocenters. The number of carbonyl (C=O) groups is 3. The minimum Gasteiger partial charge on any atom is -0.494 e. The maximum atomic E-state index is 13.7. The van der Waals surface area contributed by atoms with Crippen LogP contribution in [0, 0.1) is 15.9 Å². The maximum absolute atomic E-state index is 13.7. The number of carbonyl (C=O) groups excluding carboxylic acids is 3. The third kappa shape index (κ3) is 6.64. The summed E-state index contributed by atoms with van der Waals surface area (Å²) in [4.78, 5) is 47.4. The Morgan fingerprint density at radius 2 is 1.94 bits per heavy atom. The summed E-state index contributed by atoms with van der Waals surface area (Å²) in [5.41, 5.74) is -0.0153. The van der Waals surface area contributed by atoms with Crippen molar-refractivity contribution in [2.75, 3.05) is 27.3 Å². The van der Waals surface area contributed by atoms with Crippen LogP contribution in [0.1, 0.15) is 15.9 Å². The van der Waals surface area contributed by atoms with Crippen LogP contribution in [0.3, 0.4) is 0 Å². The lowest BCUT2D eigenvalue weighted by Crippen LogP contribution is -2.34. The van der Waals surface area contributed by atoms with Crippen LogP contribution >= 0.6 is 11.6 Å².